The maximum absolute atomic E-state index is 4.41. The van der Waals surface area contributed by atoms with Crippen LogP contribution in [0.25, 0.3) is 0 Å². The van der Waals surface area contributed by atoms with Gasteiger partial charge in [-0.25, -0.2) is 0 Å². The van der Waals surface area contributed by atoms with Crippen LogP contribution in [0.2, 0.25) is 0 Å². The van der Waals surface area contributed by atoms with Gasteiger partial charge < -0.3 is 9.88 Å². The fourth-order valence-electron chi connectivity index (χ4n) is 3.34. The number of rotatable bonds is 3. The van der Waals surface area contributed by atoms with Crippen LogP contribution in [0.5, 0.6) is 0 Å². The van der Waals surface area contributed by atoms with Crippen molar-refractivity contribution in [3.8, 4) is 0 Å². The third-order valence-electron chi connectivity index (χ3n) is 4.26. The lowest BCUT2D eigenvalue weighted by atomic mass is 10.0. The number of aryl methyl sites for hydroxylation is 1. The van der Waals surface area contributed by atoms with Crippen molar-refractivity contribution in [2.24, 2.45) is 5.92 Å². The molecule has 1 unspecified atom stereocenters. The van der Waals surface area contributed by atoms with E-state index < -0.39 is 0 Å². The highest BCUT2D eigenvalue weighted by molar-refractivity contribution is 5.00. The molecule has 4 heteroatoms. The predicted octanol–water partition coefficient (Wildman–Crippen LogP) is 1.85. The Balaban J connectivity index is 1.78. The van der Waals surface area contributed by atoms with Crippen molar-refractivity contribution in [3.63, 3.8) is 0 Å². The molecule has 0 bridgehead atoms. The molecule has 1 atom stereocenters. The van der Waals surface area contributed by atoms with Gasteiger partial charge in [0, 0.05) is 12.5 Å². The number of nitrogens with one attached hydrogen (secondary N) is 1. The highest BCUT2D eigenvalue weighted by Crippen LogP contribution is 2.31. The predicted molar refractivity (Wildman–Crippen MR) is 66.9 cm³/mol. The van der Waals surface area contributed by atoms with Gasteiger partial charge in [0.25, 0.3) is 0 Å². The fourth-order valence-corrected chi connectivity index (χ4v) is 3.34. The van der Waals surface area contributed by atoms with Gasteiger partial charge in [0.2, 0.25) is 0 Å². The molecule has 0 amide bonds. The highest BCUT2D eigenvalue weighted by Gasteiger charge is 2.24. The second-order valence-corrected chi connectivity index (χ2v) is 5.53. The van der Waals surface area contributed by atoms with E-state index in [1.54, 1.807) is 0 Å². The lowest BCUT2D eigenvalue weighted by Gasteiger charge is -2.17. The van der Waals surface area contributed by atoms with Crippen LogP contribution >= 0.6 is 0 Å². The molecule has 1 aromatic heterocycles. The highest BCUT2D eigenvalue weighted by atomic mass is 15.3. The van der Waals surface area contributed by atoms with Gasteiger partial charge in [0.1, 0.15) is 11.6 Å². The van der Waals surface area contributed by atoms with Crippen molar-refractivity contribution < 1.29 is 0 Å². The summed E-state index contributed by atoms with van der Waals surface area (Å²) in [5.41, 5.74) is 0. The minimum absolute atomic E-state index is 0.675. The van der Waals surface area contributed by atoms with E-state index in [4.69, 9.17) is 0 Å². The van der Waals surface area contributed by atoms with E-state index in [9.17, 15) is 0 Å². The van der Waals surface area contributed by atoms with Gasteiger partial charge in [0.15, 0.2) is 0 Å². The van der Waals surface area contributed by atoms with Crippen molar-refractivity contribution >= 4 is 0 Å². The van der Waals surface area contributed by atoms with Gasteiger partial charge in [-0.3, -0.25) is 0 Å². The summed E-state index contributed by atoms with van der Waals surface area (Å²) in [7, 11) is 0. The Hall–Kier alpha value is -0.900. The Bertz CT molecular complexity index is 373. The Kier molecular flexibility index (Phi) is 3.14. The van der Waals surface area contributed by atoms with Crippen LogP contribution < -0.4 is 5.32 Å². The van der Waals surface area contributed by atoms with Gasteiger partial charge in [-0.05, 0) is 45.2 Å². The normalized spacial score (nSPS) is 25.8. The van der Waals surface area contributed by atoms with Crippen molar-refractivity contribution in [1.29, 1.82) is 0 Å². The van der Waals surface area contributed by atoms with Gasteiger partial charge in [-0.15, -0.1) is 10.2 Å². The van der Waals surface area contributed by atoms with Gasteiger partial charge >= 0.3 is 0 Å². The van der Waals surface area contributed by atoms with Gasteiger partial charge in [0.05, 0.1) is 0 Å². The molecule has 17 heavy (non-hydrogen) atoms. The van der Waals surface area contributed by atoms with Crippen LogP contribution in [0, 0.1) is 12.8 Å². The molecule has 1 aromatic rings. The molecule has 1 N–H and O–H groups in total. The van der Waals surface area contributed by atoms with E-state index in [2.05, 4.69) is 27.0 Å². The van der Waals surface area contributed by atoms with E-state index in [1.807, 2.05) is 0 Å². The second kappa shape index (κ2) is 4.77. The Morgan fingerprint density at radius 2 is 2.06 bits per heavy atom. The van der Waals surface area contributed by atoms with Crippen LogP contribution in [0.15, 0.2) is 0 Å². The molecule has 1 aliphatic carbocycles. The van der Waals surface area contributed by atoms with Crippen LogP contribution in [0.3, 0.4) is 0 Å². The summed E-state index contributed by atoms with van der Waals surface area (Å²) in [6.07, 6.45) is 7.75. The van der Waals surface area contributed by atoms with Crippen molar-refractivity contribution in [2.45, 2.75) is 51.5 Å². The summed E-state index contributed by atoms with van der Waals surface area (Å²) in [5, 5.41) is 12.1. The number of hydrogen-bond donors (Lipinski definition) is 1. The molecule has 3 rings (SSSR count). The first-order valence-corrected chi connectivity index (χ1v) is 6.95. The smallest absolute Gasteiger partial charge is 0.133 e. The summed E-state index contributed by atoms with van der Waals surface area (Å²) in [5.74, 6) is 3.10. The molecule has 0 radical (unpaired) electrons. The third-order valence-corrected chi connectivity index (χ3v) is 4.26. The van der Waals surface area contributed by atoms with Crippen molar-refractivity contribution in [3.05, 3.63) is 11.6 Å². The molecule has 2 aliphatic rings. The first-order chi connectivity index (χ1) is 8.34. The first-order valence-electron chi connectivity index (χ1n) is 6.95. The maximum atomic E-state index is 4.41. The molecule has 4 nitrogen and oxygen atoms in total. The van der Waals surface area contributed by atoms with E-state index in [0.717, 1.165) is 24.7 Å². The Morgan fingerprint density at radius 1 is 1.24 bits per heavy atom. The zero-order valence-corrected chi connectivity index (χ0v) is 10.7. The van der Waals surface area contributed by atoms with E-state index >= 15 is 0 Å². The molecule has 1 saturated heterocycles. The number of aromatic nitrogens is 3. The molecular weight excluding hydrogens is 212 g/mol. The van der Waals surface area contributed by atoms with Crippen LogP contribution in [0.4, 0.5) is 0 Å². The van der Waals surface area contributed by atoms with Crippen LogP contribution in [0.1, 0.15) is 49.8 Å². The van der Waals surface area contributed by atoms with Gasteiger partial charge in [-0.1, -0.05) is 12.8 Å². The molecular formula is C13H22N4. The Labute approximate surface area is 103 Å². The zero-order valence-electron chi connectivity index (χ0n) is 10.7. The quantitative estimate of drug-likeness (QED) is 0.868. The third kappa shape index (κ3) is 2.23. The van der Waals surface area contributed by atoms with Crippen molar-refractivity contribution in [2.75, 3.05) is 13.1 Å². The molecule has 94 valence electrons. The molecule has 1 saturated carbocycles. The molecule has 2 fully saturated rings. The Morgan fingerprint density at radius 3 is 2.76 bits per heavy atom. The zero-order chi connectivity index (χ0) is 11.7. The molecule has 0 spiro atoms. The molecule has 0 aromatic carbocycles. The summed E-state index contributed by atoms with van der Waals surface area (Å²) in [6, 6.07) is 0.675. The van der Waals surface area contributed by atoms with E-state index in [0.29, 0.717) is 6.04 Å². The van der Waals surface area contributed by atoms with E-state index in [-0.39, 0.29) is 0 Å². The summed E-state index contributed by atoms with van der Waals surface area (Å²) >= 11 is 0. The number of nitrogens with zero attached hydrogens (tertiary/aromatic N) is 3. The van der Waals surface area contributed by atoms with Crippen LogP contribution in [-0.4, -0.2) is 27.9 Å². The lowest BCUT2D eigenvalue weighted by molar-refractivity contribution is 0.461. The topological polar surface area (TPSA) is 42.7 Å². The monoisotopic (exact) mass is 234 g/mol. The fraction of sp³-hybridized carbons (Fsp3) is 0.846. The van der Waals surface area contributed by atoms with Crippen molar-refractivity contribution in [1.82, 2.24) is 20.1 Å². The number of hydrogen-bond acceptors (Lipinski definition) is 3. The minimum atomic E-state index is 0.675. The molecule has 2 heterocycles. The van der Waals surface area contributed by atoms with Crippen LogP contribution in [-0.2, 0) is 6.42 Å². The molecule has 1 aliphatic heterocycles. The SMILES string of the molecule is Cc1nnc(CC2CCNC2)n1C1CCCC1. The van der Waals surface area contributed by atoms with Gasteiger partial charge in [-0.2, -0.15) is 0 Å². The summed E-state index contributed by atoms with van der Waals surface area (Å²) in [6.45, 7) is 4.42. The standard InChI is InChI=1S/C13H22N4/c1-10-15-16-13(8-11-6-7-14-9-11)17(10)12-4-2-3-5-12/h11-12,14H,2-9H2,1H3. The largest absolute Gasteiger partial charge is 0.316 e. The second-order valence-electron chi connectivity index (χ2n) is 5.53. The first kappa shape index (κ1) is 11.2. The van der Waals surface area contributed by atoms with E-state index in [1.165, 1.54) is 44.5 Å². The lowest BCUT2D eigenvalue weighted by Crippen LogP contribution is -2.16. The average molecular weight is 234 g/mol. The average Bonchev–Trinajstić information content (AvgIpc) is 3.01. The maximum Gasteiger partial charge on any atom is 0.133 e. The summed E-state index contributed by atoms with van der Waals surface area (Å²) in [4.78, 5) is 0. The minimum Gasteiger partial charge on any atom is -0.316 e. The summed E-state index contributed by atoms with van der Waals surface area (Å²) < 4.78 is 2.42.